The Labute approximate surface area is 100 Å². The van der Waals surface area contributed by atoms with Gasteiger partial charge in [0.2, 0.25) is 0 Å². The van der Waals surface area contributed by atoms with Crippen molar-refractivity contribution in [1.29, 1.82) is 0 Å². The van der Waals surface area contributed by atoms with Crippen LogP contribution in [0.15, 0.2) is 23.8 Å². The van der Waals surface area contributed by atoms with Gasteiger partial charge >= 0.3 is 0 Å². The van der Waals surface area contributed by atoms with Crippen LogP contribution in [0.25, 0.3) is 16.3 Å². The minimum atomic E-state index is 0.870. The first-order valence-electron chi connectivity index (χ1n) is 5.38. The van der Waals surface area contributed by atoms with Gasteiger partial charge in [-0.1, -0.05) is 17.7 Å². The number of para-hydroxylation sites is 1. The summed E-state index contributed by atoms with van der Waals surface area (Å²) in [6.07, 6.45) is 2.13. The summed E-state index contributed by atoms with van der Waals surface area (Å²) in [5.74, 6) is 0. The predicted molar refractivity (Wildman–Crippen MR) is 71.7 cm³/mol. The monoisotopic (exact) mass is 232 g/mol. The average Bonchev–Trinajstić information content (AvgIpc) is 2.60. The normalized spacial score (nSPS) is 10.7. The first-order valence-corrected chi connectivity index (χ1v) is 6.20. The highest BCUT2D eigenvalue weighted by Crippen LogP contribution is 2.26. The first-order chi connectivity index (χ1) is 7.70. The van der Waals surface area contributed by atoms with Gasteiger partial charge in [-0.25, -0.2) is 4.98 Å². The third kappa shape index (κ3) is 2.31. The number of nitrogens with one attached hydrogen (secondary N) is 1. The highest BCUT2D eigenvalue weighted by molar-refractivity contribution is 7.19. The van der Waals surface area contributed by atoms with Crippen LogP contribution in [-0.2, 0) is 6.54 Å². The number of allylic oxidation sites excluding steroid dienone is 1. The van der Waals surface area contributed by atoms with Crippen molar-refractivity contribution < 1.29 is 0 Å². The summed E-state index contributed by atoms with van der Waals surface area (Å²) in [5.41, 5.74) is 3.69. The smallest absolute Gasteiger partial charge is 0.117 e. The highest BCUT2D eigenvalue weighted by atomic mass is 32.1. The molecule has 2 aromatic rings. The Morgan fingerprint density at radius 2 is 2.25 bits per heavy atom. The van der Waals surface area contributed by atoms with Crippen LogP contribution in [0.2, 0.25) is 0 Å². The fourth-order valence-corrected chi connectivity index (χ4v) is 2.74. The minimum Gasteiger partial charge on any atom is -0.316 e. The molecule has 0 amide bonds. The van der Waals surface area contributed by atoms with E-state index in [-0.39, 0.29) is 0 Å². The van der Waals surface area contributed by atoms with Crippen molar-refractivity contribution in [2.75, 3.05) is 7.05 Å². The Morgan fingerprint density at radius 1 is 1.44 bits per heavy atom. The molecule has 0 saturated carbocycles. The maximum Gasteiger partial charge on any atom is 0.117 e. The number of aromatic nitrogens is 1. The molecular formula is C13H16N2S. The molecule has 1 aromatic carbocycles. The Bertz CT molecular complexity index is 522. The molecule has 0 atom stereocenters. The molecule has 1 aromatic heterocycles. The zero-order valence-electron chi connectivity index (χ0n) is 9.87. The fraction of sp³-hybridized carbons (Fsp3) is 0.308. The van der Waals surface area contributed by atoms with Crippen LogP contribution < -0.4 is 5.32 Å². The molecule has 0 aliphatic rings. The average molecular weight is 232 g/mol. The fourth-order valence-electron chi connectivity index (χ4n) is 1.66. The maximum atomic E-state index is 4.67. The van der Waals surface area contributed by atoms with Crippen molar-refractivity contribution in [3.8, 4) is 0 Å². The second kappa shape index (κ2) is 4.76. The van der Waals surface area contributed by atoms with Crippen LogP contribution in [-0.4, -0.2) is 12.0 Å². The molecule has 1 heterocycles. The summed E-state index contributed by atoms with van der Waals surface area (Å²) in [4.78, 5) is 4.67. The van der Waals surface area contributed by atoms with Crippen molar-refractivity contribution in [3.63, 3.8) is 0 Å². The number of thiazole rings is 1. The van der Waals surface area contributed by atoms with Crippen molar-refractivity contribution in [2.45, 2.75) is 20.4 Å². The van der Waals surface area contributed by atoms with Gasteiger partial charge in [0, 0.05) is 6.54 Å². The number of benzene rings is 1. The van der Waals surface area contributed by atoms with Gasteiger partial charge in [-0.05, 0) is 38.6 Å². The zero-order valence-corrected chi connectivity index (χ0v) is 10.7. The van der Waals surface area contributed by atoms with E-state index < -0.39 is 0 Å². The van der Waals surface area contributed by atoms with Gasteiger partial charge in [0.15, 0.2) is 0 Å². The lowest BCUT2D eigenvalue weighted by atomic mass is 10.2. The van der Waals surface area contributed by atoms with E-state index in [0.29, 0.717) is 0 Å². The molecule has 0 fully saturated rings. The lowest BCUT2D eigenvalue weighted by molar-refractivity contribution is 0.822. The minimum absolute atomic E-state index is 0.870. The zero-order chi connectivity index (χ0) is 11.5. The molecule has 2 nitrogen and oxygen atoms in total. The Morgan fingerprint density at radius 3 is 2.94 bits per heavy atom. The second-order valence-electron chi connectivity index (χ2n) is 4.07. The van der Waals surface area contributed by atoms with Gasteiger partial charge in [-0.15, -0.1) is 11.3 Å². The van der Waals surface area contributed by atoms with Gasteiger partial charge in [0.1, 0.15) is 5.01 Å². The number of nitrogens with zero attached hydrogens (tertiary/aromatic N) is 1. The van der Waals surface area contributed by atoms with Crippen LogP contribution >= 0.6 is 11.3 Å². The van der Waals surface area contributed by atoms with Crippen molar-refractivity contribution in [3.05, 3.63) is 34.3 Å². The molecule has 16 heavy (non-hydrogen) atoms. The van der Waals surface area contributed by atoms with Crippen molar-refractivity contribution in [1.82, 2.24) is 10.3 Å². The molecule has 3 heteroatoms. The quantitative estimate of drug-likeness (QED) is 0.877. The van der Waals surface area contributed by atoms with E-state index in [2.05, 4.69) is 48.4 Å². The largest absolute Gasteiger partial charge is 0.316 e. The number of fused-ring (bicyclic) bond motifs is 1. The van der Waals surface area contributed by atoms with E-state index in [1.807, 2.05) is 7.05 Å². The molecular weight excluding hydrogens is 216 g/mol. The summed E-state index contributed by atoms with van der Waals surface area (Å²) in [5, 5.41) is 4.27. The topological polar surface area (TPSA) is 24.9 Å². The van der Waals surface area contributed by atoms with Crippen LogP contribution in [0.4, 0.5) is 0 Å². The summed E-state index contributed by atoms with van der Waals surface area (Å²) in [6, 6.07) is 6.36. The van der Waals surface area contributed by atoms with E-state index in [4.69, 9.17) is 0 Å². The molecule has 0 radical (unpaired) electrons. The van der Waals surface area contributed by atoms with Gasteiger partial charge in [0.25, 0.3) is 0 Å². The molecule has 0 aliphatic carbocycles. The van der Waals surface area contributed by atoms with Crippen LogP contribution in [0, 0.1) is 0 Å². The standard InChI is InChI=1S/C13H16N2S/c1-9(2)7-12-15-13-10(8-14-3)5-4-6-11(13)16-12/h4-7,14H,8H2,1-3H3. The van der Waals surface area contributed by atoms with Gasteiger partial charge in [-0.2, -0.15) is 0 Å². The summed E-state index contributed by atoms with van der Waals surface area (Å²) in [6.45, 7) is 5.07. The molecule has 0 saturated heterocycles. The number of hydrogen-bond acceptors (Lipinski definition) is 3. The lowest BCUT2D eigenvalue weighted by Crippen LogP contribution is -2.05. The van der Waals surface area contributed by atoms with E-state index in [0.717, 1.165) is 17.1 Å². The van der Waals surface area contributed by atoms with Gasteiger partial charge in [-0.3, -0.25) is 0 Å². The van der Waals surface area contributed by atoms with E-state index in [9.17, 15) is 0 Å². The summed E-state index contributed by atoms with van der Waals surface area (Å²) >= 11 is 1.75. The maximum absolute atomic E-state index is 4.67. The van der Waals surface area contributed by atoms with Crippen molar-refractivity contribution in [2.24, 2.45) is 0 Å². The van der Waals surface area contributed by atoms with E-state index in [1.165, 1.54) is 15.8 Å². The lowest BCUT2D eigenvalue weighted by Gasteiger charge is -1.99. The Balaban J connectivity index is 2.52. The van der Waals surface area contributed by atoms with E-state index >= 15 is 0 Å². The molecule has 0 spiro atoms. The highest BCUT2D eigenvalue weighted by Gasteiger charge is 2.05. The molecule has 1 N–H and O–H groups in total. The third-order valence-electron chi connectivity index (χ3n) is 2.30. The molecule has 0 aliphatic heterocycles. The molecule has 0 bridgehead atoms. The van der Waals surface area contributed by atoms with Crippen LogP contribution in [0.1, 0.15) is 24.4 Å². The second-order valence-corrected chi connectivity index (χ2v) is 5.13. The Kier molecular flexibility index (Phi) is 3.36. The van der Waals surface area contributed by atoms with Crippen LogP contribution in [0.3, 0.4) is 0 Å². The SMILES string of the molecule is CNCc1cccc2sc(C=C(C)C)nc12. The summed E-state index contributed by atoms with van der Waals surface area (Å²) in [7, 11) is 1.96. The van der Waals surface area contributed by atoms with Crippen LogP contribution in [0.5, 0.6) is 0 Å². The molecule has 0 unspecified atom stereocenters. The first kappa shape index (κ1) is 11.3. The van der Waals surface area contributed by atoms with E-state index in [1.54, 1.807) is 11.3 Å². The number of hydrogen-bond donors (Lipinski definition) is 1. The van der Waals surface area contributed by atoms with Gasteiger partial charge < -0.3 is 5.32 Å². The van der Waals surface area contributed by atoms with Gasteiger partial charge in [0.05, 0.1) is 10.2 Å². The third-order valence-corrected chi connectivity index (χ3v) is 3.27. The summed E-state index contributed by atoms with van der Waals surface area (Å²) < 4.78 is 1.26. The molecule has 84 valence electrons. The number of rotatable bonds is 3. The molecule has 2 rings (SSSR count). The van der Waals surface area contributed by atoms with Crippen molar-refractivity contribution >= 4 is 27.6 Å². The predicted octanol–water partition coefficient (Wildman–Crippen LogP) is 3.44. The Hall–Kier alpha value is -1.19.